The minimum atomic E-state index is -0.753. The van der Waals surface area contributed by atoms with Gasteiger partial charge in [0.25, 0.3) is 0 Å². The zero-order chi connectivity index (χ0) is 17.8. The van der Waals surface area contributed by atoms with Gasteiger partial charge in [-0.2, -0.15) is 0 Å². The van der Waals surface area contributed by atoms with Gasteiger partial charge in [0, 0.05) is 6.07 Å². The summed E-state index contributed by atoms with van der Waals surface area (Å²) in [5, 5.41) is 14.3. The van der Waals surface area contributed by atoms with Crippen LogP contribution in [0.15, 0.2) is 54.6 Å². The number of anilines is 1. The molecule has 0 spiro atoms. The molecule has 3 aromatic rings. The summed E-state index contributed by atoms with van der Waals surface area (Å²) < 4.78 is 15.6. The highest BCUT2D eigenvalue weighted by molar-refractivity contribution is 5.91. The van der Waals surface area contributed by atoms with Crippen LogP contribution in [-0.2, 0) is 0 Å². The van der Waals surface area contributed by atoms with E-state index in [-0.39, 0.29) is 11.5 Å². The number of hydrogen-bond acceptors (Lipinski definition) is 5. The molecule has 1 amide bonds. The molecule has 0 atom stereocenters. The molecular formula is C19H17NO5. The van der Waals surface area contributed by atoms with Gasteiger partial charge in [-0.25, -0.2) is 4.79 Å². The van der Waals surface area contributed by atoms with Crippen molar-refractivity contribution in [1.29, 1.82) is 0 Å². The number of ether oxygens (including phenoxy) is 3. The van der Waals surface area contributed by atoms with Crippen LogP contribution in [0.4, 0.5) is 10.5 Å². The number of carbonyl (C=O) groups excluding carboxylic acids is 1. The maximum absolute atomic E-state index is 12.2. The Morgan fingerprint density at radius 2 is 1.64 bits per heavy atom. The average Bonchev–Trinajstić information content (AvgIpc) is 2.62. The second kappa shape index (κ2) is 7.00. The highest BCUT2D eigenvalue weighted by Crippen LogP contribution is 2.33. The molecular weight excluding hydrogens is 322 g/mol. The smallest absolute Gasteiger partial charge is 0.417 e. The van der Waals surface area contributed by atoms with E-state index < -0.39 is 6.09 Å². The molecule has 0 unspecified atom stereocenters. The number of fused-ring (bicyclic) bond motifs is 1. The Balaban J connectivity index is 1.82. The second-order valence-corrected chi connectivity index (χ2v) is 5.25. The van der Waals surface area contributed by atoms with Gasteiger partial charge in [-0.15, -0.1) is 0 Å². The van der Waals surface area contributed by atoms with Crippen LogP contribution in [0.25, 0.3) is 10.8 Å². The molecule has 3 aromatic carbocycles. The molecule has 6 heteroatoms. The summed E-state index contributed by atoms with van der Waals surface area (Å²) in [6, 6.07) is 15.6. The molecule has 0 saturated heterocycles. The molecule has 0 aromatic heterocycles. The highest BCUT2D eigenvalue weighted by atomic mass is 16.6. The van der Waals surface area contributed by atoms with E-state index in [0.717, 1.165) is 10.8 Å². The Kier molecular flexibility index (Phi) is 4.61. The van der Waals surface area contributed by atoms with Crippen molar-refractivity contribution >= 4 is 22.6 Å². The third-order valence-corrected chi connectivity index (χ3v) is 3.67. The third kappa shape index (κ3) is 3.58. The summed E-state index contributed by atoms with van der Waals surface area (Å²) in [7, 11) is 3.02. The van der Waals surface area contributed by atoms with Gasteiger partial charge in [0.1, 0.15) is 11.5 Å². The molecule has 0 aliphatic rings. The monoisotopic (exact) mass is 339 g/mol. The Morgan fingerprint density at radius 3 is 2.32 bits per heavy atom. The lowest BCUT2D eigenvalue weighted by Gasteiger charge is -2.12. The summed E-state index contributed by atoms with van der Waals surface area (Å²) >= 11 is 0. The van der Waals surface area contributed by atoms with Gasteiger partial charge in [0.2, 0.25) is 0 Å². The van der Waals surface area contributed by atoms with Crippen LogP contribution in [0.2, 0.25) is 0 Å². The van der Waals surface area contributed by atoms with Gasteiger partial charge in [-0.1, -0.05) is 24.3 Å². The van der Waals surface area contributed by atoms with E-state index in [0.29, 0.717) is 17.2 Å². The summed E-state index contributed by atoms with van der Waals surface area (Å²) in [4.78, 5) is 12.2. The van der Waals surface area contributed by atoms with Crippen LogP contribution in [0.5, 0.6) is 23.0 Å². The predicted molar refractivity (Wildman–Crippen MR) is 94.8 cm³/mol. The molecule has 0 fully saturated rings. The Labute approximate surface area is 144 Å². The number of nitrogens with one attached hydrogen (secondary N) is 1. The lowest BCUT2D eigenvalue weighted by molar-refractivity contribution is 0.213. The minimum absolute atomic E-state index is 0.0677. The second-order valence-electron chi connectivity index (χ2n) is 5.25. The van der Waals surface area contributed by atoms with E-state index in [1.807, 2.05) is 24.3 Å². The zero-order valence-electron chi connectivity index (χ0n) is 13.8. The van der Waals surface area contributed by atoms with Crippen LogP contribution < -0.4 is 19.5 Å². The first-order valence-corrected chi connectivity index (χ1v) is 7.53. The van der Waals surface area contributed by atoms with Crippen molar-refractivity contribution in [3.63, 3.8) is 0 Å². The summed E-state index contributed by atoms with van der Waals surface area (Å²) in [6.45, 7) is 0. The van der Waals surface area contributed by atoms with Gasteiger partial charge in [-0.05, 0) is 35.0 Å². The number of hydrogen-bond donors (Lipinski definition) is 2. The largest absolute Gasteiger partial charge is 0.504 e. The minimum Gasteiger partial charge on any atom is -0.504 e. The lowest BCUT2D eigenvalue weighted by atomic mass is 10.1. The fourth-order valence-corrected chi connectivity index (χ4v) is 2.44. The first-order chi connectivity index (χ1) is 12.1. The van der Waals surface area contributed by atoms with E-state index in [1.54, 1.807) is 30.3 Å². The molecule has 0 saturated carbocycles. The SMILES string of the molecule is COc1ccc(OC)c(NC(=O)Oc2cc3ccccc3cc2O)c1. The van der Waals surface area contributed by atoms with Gasteiger partial charge < -0.3 is 19.3 Å². The number of benzene rings is 3. The van der Waals surface area contributed by atoms with Crippen molar-refractivity contribution in [2.24, 2.45) is 0 Å². The molecule has 0 radical (unpaired) electrons. The van der Waals surface area contributed by atoms with Crippen LogP contribution >= 0.6 is 0 Å². The molecule has 0 bridgehead atoms. The van der Waals surface area contributed by atoms with E-state index in [4.69, 9.17) is 14.2 Å². The Bertz CT molecular complexity index is 923. The van der Waals surface area contributed by atoms with E-state index >= 15 is 0 Å². The quantitative estimate of drug-likeness (QED) is 0.746. The maximum Gasteiger partial charge on any atom is 0.417 e. The van der Waals surface area contributed by atoms with Gasteiger partial charge in [0.15, 0.2) is 11.5 Å². The number of carbonyl (C=O) groups is 1. The van der Waals surface area contributed by atoms with E-state index in [1.165, 1.54) is 14.2 Å². The predicted octanol–water partition coefficient (Wildman–Crippen LogP) is 4.17. The van der Waals surface area contributed by atoms with E-state index in [9.17, 15) is 9.90 Å². The summed E-state index contributed by atoms with van der Waals surface area (Å²) in [5.41, 5.74) is 0.395. The molecule has 25 heavy (non-hydrogen) atoms. The number of amides is 1. The van der Waals surface area contributed by atoms with Gasteiger partial charge in [-0.3, -0.25) is 5.32 Å². The van der Waals surface area contributed by atoms with Crippen molar-refractivity contribution in [3.8, 4) is 23.0 Å². The molecule has 2 N–H and O–H groups in total. The van der Waals surface area contributed by atoms with Crippen LogP contribution in [0, 0.1) is 0 Å². The van der Waals surface area contributed by atoms with Crippen LogP contribution in [0.1, 0.15) is 0 Å². The fraction of sp³-hybridized carbons (Fsp3) is 0.105. The molecule has 0 aliphatic heterocycles. The molecule has 0 heterocycles. The van der Waals surface area contributed by atoms with Crippen LogP contribution in [-0.4, -0.2) is 25.4 Å². The number of rotatable bonds is 4. The van der Waals surface area contributed by atoms with Crippen molar-refractivity contribution in [3.05, 3.63) is 54.6 Å². The highest BCUT2D eigenvalue weighted by Gasteiger charge is 2.13. The van der Waals surface area contributed by atoms with Crippen molar-refractivity contribution in [2.45, 2.75) is 0 Å². The van der Waals surface area contributed by atoms with Gasteiger partial charge in [0.05, 0.1) is 19.9 Å². The van der Waals surface area contributed by atoms with Crippen LogP contribution in [0.3, 0.4) is 0 Å². The third-order valence-electron chi connectivity index (χ3n) is 3.67. The standard InChI is InChI=1S/C19H17NO5/c1-23-14-7-8-17(24-2)15(11-14)20-19(22)25-18-10-13-6-4-3-5-12(13)9-16(18)21/h3-11,21H,1-2H3,(H,20,22). The first-order valence-electron chi connectivity index (χ1n) is 7.53. The number of phenolic OH excluding ortho intramolecular Hbond substituents is 1. The first kappa shape index (κ1) is 16.4. The number of phenols is 1. The lowest BCUT2D eigenvalue weighted by Crippen LogP contribution is -2.17. The Hall–Kier alpha value is -3.41. The number of methoxy groups -OCH3 is 2. The topological polar surface area (TPSA) is 77.0 Å². The Morgan fingerprint density at radius 1 is 0.920 bits per heavy atom. The van der Waals surface area contributed by atoms with E-state index in [2.05, 4.69) is 5.32 Å². The zero-order valence-corrected chi connectivity index (χ0v) is 13.8. The summed E-state index contributed by atoms with van der Waals surface area (Å²) in [5.74, 6) is 0.967. The fourth-order valence-electron chi connectivity index (χ4n) is 2.44. The number of aromatic hydroxyl groups is 1. The molecule has 6 nitrogen and oxygen atoms in total. The molecule has 3 rings (SSSR count). The normalized spacial score (nSPS) is 10.3. The van der Waals surface area contributed by atoms with Crippen molar-refractivity contribution < 1.29 is 24.1 Å². The molecule has 0 aliphatic carbocycles. The average molecular weight is 339 g/mol. The van der Waals surface area contributed by atoms with Gasteiger partial charge >= 0.3 is 6.09 Å². The molecule has 128 valence electrons. The summed E-state index contributed by atoms with van der Waals surface area (Å²) in [6.07, 6.45) is -0.753. The van der Waals surface area contributed by atoms with Crippen molar-refractivity contribution in [2.75, 3.05) is 19.5 Å². The van der Waals surface area contributed by atoms with Crippen molar-refractivity contribution in [1.82, 2.24) is 0 Å². The maximum atomic E-state index is 12.2.